The van der Waals surface area contributed by atoms with Crippen molar-refractivity contribution in [1.82, 2.24) is 10.6 Å². The minimum absolute atomic E-state index is 0.0771. The number of hydrogen-bond acceptors (Lipinski definition) is 11. The van der Waals surface area contributed by atoms with Crippen LogP contribution >= 0.6 is 7.82 Å². The van der Waals surface area contributed by atoms with Crippen molar-refractivity contribution in [3.8, 4) is 11.8 Å². The number of nitrogens with one attached hydrogen (secondary N) is 2. The number of fused-ring (bicyclic) bond motifs is 2. The molecule has 1 aliphatic rings. The molecule has 3 amide bonds. The van der Waals surface area contributed by atoms with Crippen LogP contribution in [0.15, 0.2) is 48.5 Å². The Balaban J connectivity index is 0.00000374. The normalized spacial score (nSPS) is 12.7. The second-order valence-electron chi connectivity index (χ2n) is 13.0. The molecule has 2 aromatic carbocycles. The molecule has 0 radical (unpaired) electrons. The summed E-state index contributed by atoms with van der Waals surface area (Å²) in [7, 11) is -2.78. The van der Waals surface area contributed by atoms with E-state index in [9.17, 15) is 18.9 Å². The summed E-state index contributed by atoms with van der Waals surface area (Å²) in [5.74, 6) is 6.05. The molecule has 16 heteroatoms. The lowest BCUT2D eigenvalue weighted by Crippen LogP contribution is -2.35. The maximum atomic E-state index is 13.3. The number of benzene rings is 2. The zero-order chi connectivity index (χ0) is 42.1. The number of ether oxygens (including phenoxy) is 5. The Morgan fingerprint density at radius 1 is 0.655 bits per heavy atom. The smallest absolute Gasteiger partial charge is 0.379 e. The van der Waals surface area contributed by atoms with Gasteiger partial charge < -0.3 is 44.1 Å². The summed E-state index contributed by atoms with van der Waals surface area (Å²) in [6.45, 7) is 9.30. The first-order valence-corrected chi connectivity index (χ1v) is 21.6. The van der Waals surface area contributed by atoms with Crippen LogP contribution in [-0.4, -0.2) is 115 Å². The third kappa shape index (κ3) is 23.7. The fourth-order valence-corrected chi connectivity index (χ4v) is 5.65. The van der Waals surface area contributed by atoms with E-state index in [-0.39, 0.29) is 56.7 Å². The molecule has 324 valence electrons. The first-order valence-electron chi connectivity index (χ1n) is 20.1. The zero-order valence-corrected chi connectivity index (χ0v) is 35.4. The highest BCUT2D eigenvalue weighted by molar-refractivity contribution is 7.47. The van der Waals surface area contributed by atoms with Crippen LogP contribution in [0.5, 0.6) is 0 Å². The van der Waals surface area contributed by atoms with E-state index in [1.807, 2.05) is 48.5 Å². The number of para-hydroxylation sites is 1. The molecule has 0 aliphatic carbocycles. The number of unbranched alkanes of at least 4 members (excludes halogenated alkanes) is 3. The van der Waals surface area contributed by atoms with Crippen molar-refractivity contribution in [2.45, 2.75) is 71.8 Å². The van der Waals surface area contributed by atoms with Crippen molar-refractivity contribution < 1.29 is 56.6 Å². The Morgan fingerprint density at radius 2 is 1.14 bits per heavy atom. The Bertz CT molecular complexity index is 1570. The van der Waals surface area contributed by atoms with Gasteiger partial charge >= 0.3 is 7.82 Å². The van der Waals surface area contributed by atoms with E-state index in [4.69, 9.17) is 33.1 Å². The van der Waals surface area contributed by atoms with Gasteiger partial charge in [0.25, 0.3) is 0 Å². The number of phosphoric ester groups is 1. The first kappa shape index (κ1) is 50.5. The van der Waals surface area contributed by atoms with E-state index in [0.717, 1.165) is 48.8 Å². The van der Waals surface area contributed by atoms with Gasteiger partial charge in [0.05, 0.1) is 84.9 Å². The van der Waals surface area contributed by atoms with Crippen LogP contribution in [0, 0.1) is 11.8 Å². The quantitative estimate of drug-likeness (QED) is 0.0536. The number of anilines is 1. The lowest BCUT2D eigenvalue weighted by molar-refractivity contribution is -0.123. The summed E-state index contributed by atoms with van der Waals surface area (Å²) in [4.78, 5) is 48.3. The number of carbonyl (C=O) groups excluding carboxylic acids is 3. The molecular formula is C42H64N3O12P. The summed E-state index contributed by atoms with van der Waals surface area (Å²) in [5.41, 5.74) is 3.43. The maximum Gasteiger partial charge on any atom is 0.471 e. The van der Waals surface area contributed by atoms with Crippen LogP contribution < -0.4 is 15.5 Å². The number of nitrogens with zero attached hydrogens (tertiary/aromatic N) is 1. The molecule has 0 saturated carbocycles. The fraction of sp³-hybridized carbons (Fsp3) is 0.595. The molecule has 3 N–H and O–H groups in total. The average molecular weight is 834 g/mol. The van der Waals surface area contributed by atoms with Gasteiger partial charge in [-0.05, 0) is 36.6 Å². The van der Waals surface area contributed by atoms with E-state index < -0.39 is 7.82 Å². The number of hydrogen-bond donors (Lipinski definition) is 3. The van der Waals surface area contributed by atoms with Gasteiger partial charge in [0, 0.05) is 50.6 Å². The summed E-state index contributed by atoms with van der Waals surface area (Å²) in [6, 6.07) is 15.4. The monoisotopic (exact) mass is 833 g/mol. The van der Waals surface area contributed by atoms with Gasteiger partial charge in [-0.25, -0.2) is 4.57 Å². The van der Waals surface area contributed by atoms with E-state index in [1.165, 1.54) is 6.42 Å². The van der Waals surface area contributed by atoms with Gasteiger partial charge in [0.15, 0.2) is 0 Å². The standard InChI is InChI=1S/C39H56N3O12P.C3H8/c1-48-55(46,47)54-21-9-3-2-8-19-40-37(43)17-22-49-24-26-51-28-30-53-31-29-52-27-25-50-23-18-38(44)41-20-16-39(45)42-32-35-12-5-4-10-33(35)14-15-34-11-6-7-13-36(34)42;1-3-2/h4-7,10-13H,2-3,8-9,16-32H2,1H3,(H,40,43)(H,41,44)(H,46,47);3H2,1-2H3. The van der Waals surface area contributed by atoms with E-state index in [1.54, 1.807) is 4.90 Å². The molecule has 0 fully saturated rings. The van der Waals surface area contributed by atoms with Crippen molar-refractivity contribution in [2.24, 2.45) is 0 Å². The average Bonchev–Trinajstić information content (AvgIpc) is 3.21. The van der Waals surface area contributed by atoms with Crippen molar-refractivity contribution >= 4 is 31.2 Å². The summed E-state index contributed by atoms with van der Waals surface area (Å²) in [6.07, 6.45) is 5.00. The highest BCUT2D eigenvalue weighted by Crippen LogP contribution is 2.41. The lowest BCUT2D eigenvalue weighted by atomic mass is 10.0. The van der Waals surface area contributed by atoms with E-state index >= 15 is 0 Å². The third-order valence-corrected chi connectivity index (χ3v) is 9.12. The second kappa shape index (κ2) is 32.2. The first-order chi connectivity index (χ1) is 28.2. The van der Waals surface area contributed by atoms with Gasteiger partial charge in [-0.3, -0.25) is 23.4 Å². The molecule has 1 heterocycles. The van der Waals surface area contributed by atoms with Crippen LogP contribution in [-0.2, 0) is 58.2 Å². The summed E-state index contributed by atoms with van der Waals surface area (Å²) >= 11 is 0. The maximum absolute atomic E-state index is 13.3. The van der Waals surface area contributed by atoms with E-state index in [0.29, 0.717) is 79.0 Å². The molecular weight excluding hydrogens is 769 g/mol. The molecule has 2 aromatic rings. The molecule has 3 rings (SSSR count). The molecule has 1 aliphatic heterocycles. The lowest BCUT2D eigenvalue weighted by Gasteiger charge is -2.26. The minimum Gasteiger partial charge on any atom is -0.379 e. The van der Waals surface area contributed by atoms with Crippen molar-refractivity contribution in [1.29, 1.82) is 0 Å². The largest absolute Gasteiger partial charge is 0.471 e. The summed E-state index contributed by atoms with van der Waals surface area (Å²) < 4.78 is 47.6. The Morgan fingerprint density at radius 3 is 1.72 bits per heavy atom. The predicted molar refractivity (Wildman–Crippen MR) is 221 cm³/mol. The topological polar surface area (TPSA) is 180 Å². The van der Waals surface area contributed by atoms with Crippen LogP contribution in [0.4, 0.5) is 5.69 Å². The van der Waals surface area contributed by atoms with Crippen LogP contribution in [0.2, 0.25) is 0 Å². The van der Waals surface area contributed by atoms with Gasteiger partial charge in [-0.2, -0.15) is 0 Å². The number of rotatable bonds is 30. The van der Waals surface area contributed by atoms with Crippen molar-refractivity contribution in [3.05, 3.63) is 65.2 Å². The van der Waals surface area contributed by atoms with Gasteiger partial charge in [-0.15, -0.1) is 0 Å². The van der Waals surface area contributed by atoms with Crippen LogP contribution in [0.1, 0.15) is 81.9 Å². The molecule has 0 saturated heterocycles. The molecule has 0 aromatic heterocycles. The SMILES string of the molecule is CCC.COP(=O)(O)OCCCCCCNC(=O)CCOCCOCCOCCOCCOCCC(=O)NCCC(=O)N1Cc2ccccc2C#Cc2ccccc21. The third-order valence-electron chi connectivity index (χ3n) is 8.15. The van der Waals surface area contributed by atoms with Crippen LogP contribution in [0.3, 0.4) is 0 Å². The van der Waals surface area contributed by atoms with Crippen LogP contribution in [0.25, 0.3) is 0 Å². The second-order valence-corrected chi connectivity index (χ2v) is 14.6. The van der Waals surface area contributed by atoms with Gasteiger partial charge in [0.1, 0.15) is 0 Å². The Kier molecular flexibility index (Phi) is 28.0. The Labute approximate surface area is 344 Å². The molecule has 1 atom stereocenters. The fourth-order valence-electron chi connectivity index (χ4n) is 5.18. The molecule has 1 unspecified atom stereocenters. The number of carbonyl (C=O) groups is 3. The molecule has 15 nitrogen and oxygen atoms in total. The number of amides is 3. The number of phosphoric acid groups is 1. The van der Waals surface area contributed by atoms with Gasteiger partial charge in [-0.1, -0.05) is 75.3 Å². The van der Waals surface area contributed by atoms with E-state index in [2.05, 4.69) is 40.8 Å². The molecule has 0 bridgehead atoms. The zero-order valence-electron chi connectivity index (χ0n) is 34.5. The highest BCUT2D eigenvalue weighted by Gasteiger charge is 2.21. The highest BCUT2D eigenvalue weighted by atomic mass is 31.2. The minimum atomic E-state index is -3.90. The van der Waals surface area contributed by atoms with Crippen molar-refractivity contribution in [3.63, 3.8) is 0 Å². The predicted octanol–water partition coefficient (Wildman–Crippen LogP) is 5.16. The summed E-state index contributed by atoms with van der Waals surface area (Å²) in [5, 5.41) is 5.65. The van der Waals surface area contributed by atoms with Crippen molar-refractivity contribution in [2.75, 3.05) is 97.8 Å². The molecule has 58 heavy (non-hydrogen) atoms. The molecule has 0 spiro atoms. The van der Waals surface area contributed by atoms with Gasteiger partial charge in [0.2, 0.25) is 17.7 Å². The Hall–Kier alpha value is -3.68.